The van der Waals surface area contributed by atoms with Crippen LogP contribution in [0.5, 0.6) is 0 Å². The van der Waals surface area contributed by atoms with Gasteiger partial charge in [0, 0.05) is 6.42 Å². The van der Waals surface area contributed by atoms with E-state index in [1.54, 1.807) is 0 Å². The first-order valence-corrected chi connectivity index (χ1v) is 9.21. The molecule has 1 aliphatic heterocycles. The molecule has 0 bridgehead atoms. The van der Waals surface area contributed by atoms with Crippen molar-refractivity contribution in [1.29, 1.82) is 0 Å². The van der Waals surface area contributed by atoms with Crippen molar-refractivity contribution < 1.29 is 4.74 Å². The Hall–Kier alpha value is -0.530. The van der Waals surface area contributed by atoms with E-state index in [1.807, 2.05) is 0 Å². The number of ether oxygens (including phenoxy) is 1. The second-order valence-electron chi connectivity index (χ2n) is 7.72. The Labute approximate surface area is 132 Å². The van der Waals surface area contributed by atoms with Gasteiger partial charge in [0.05, 0.1) is 5.54 Å². The van der Waals surface area contributed by atoms with Gasteiger partial charge in [-0.3, -0.25) is 0 Å². The highest BCUT2D eigenvalue weighted by Crippen LogP contribution is 2.20. The molecule has 0 saturated carbocycles. The van der Waals surface area contributed by atoms with Gasteiger partial charge in [-0.2, -0.15) is 0 Å². The van der Waals surface area contributed by atoms with Crippen LogP contribution in [-0.4, -0.2) is 18.0 Å². The minimum absolute atomic E-state index is 0.0188. The van der Waals surface area contributed by atoms with Crippen LogP contribution in [0.1, 0.15) is 98.3 Å². The zero-order chi connectivity index (χ0) is 15.6. The molecule has 0 aromatic rings. The van der Waals surface area contributed by atoms with Gasteiger partial charge < -0.3 is 4.74 Å². The lowest BCUT2D eigenvalue weighted by atomic mass is 10.0. The predicted octanol–water partition coefficient (Wildman–Crippen LogP) is 6.14. The highest BCUT2D eigenvalue weighted by atomic mass is 16.5. The molecule has 21 heavy (non-hydrogen) atoms. The smallest absolute Gasteiger partial charge is 0.183 e. The molecule has 1 rings (SSSR count). The average molecular weight is 296 g/mol. The number of nitrogens with zero attached hydrogens (tertiary/aromatic N) is 1. The van der Waals surface area contributed by atoms with Crippen molar-refractivity contribution >= 4 is 5.90 Å². The number of hydrogen-bond acceptors (Lipinski definition) is 2. The van der Waals surface area contributed by atoms with E-state index in [9.17, 15) is 0 Å². The van der Waals surface area contributed by atoms with Crippen LogP contribution in [0.15, 0.2) is 4.99 Å². The lowest BCUT2D eigenvalue weighted by molar-refractivity contribution is 0.273. The summed E-state index contributed by atoms with van der Waals surface area (Å²) in [5.74, 6) is 1.87. The van der Waals surface area contributed by atoms with Crippen molar-refractivity contribution in [2.24, 2.45) is 10.9 Å². The number of unbranched alkanes of at least 4 members (excludes halogenated alkanes) is 8. The summed E-state index contributed by atoms with van der Waals surface area (Å²) < 4.78 is 5.62. The molecular formula is C19H37NO. The predicted molar refractivity (Wildman–Crippen MR) is 93.1 cm³/mol. The second-order valence-corrected chi connectivity index (χ2v) is 7.72. The second kappa shape index (κ2) is 10.2. The van der Waals surface area contributed by atoms with Gasteiger partial charge in [0.25, 0.3) is 0 Å². The Morgan fingerprint density at radius 1 is 0.905 bits per heavy atom. The van der Waals surface area contributed by atoms with E-state index >= 15 is 0 Å². The van der Waals surface area contributed by atoms with Crippen molar-refractivity contribution in [2.45, 2.75) is 104 Å². The van der Waals surface area contributed by atoms with Crippen LogP contribution < -0.4 is 0 Å². The third kappa shape index (κ3) is 9.92. The zero-order valence-electron chi connectivity index (χ0n) is 14.9. The van der Waals surface area contributed by atoms with Crippen LogP contribution in [0, 0.1) is 5.92 Å². The molecule has 0 aromatic heterocycles. The molecule has 0 amide bonds. The number of aliphatic imine (C=N–C) groups is 1. The first-order chi connectivity index (χ1) is 9.99. The molecule has 0 aromatic carbocycles. The molecule has 0 radical (unpaired) electrons. The van der Waals surface area contributed by atoms with Crippen molar-refractivity contribution in [3.8, 4) is 0 Å². The van der Waals surface area contributed by atoms with Gasteiger partial charge in [-0.15, -0.1) is 0 Å². The molecular weight excluding hydrogens is 258 g/mol. The minimum Gasteiger partial charge on any atom is -0.478 e. The van der Waals surface area contributed by atoms with Gasteiger partial charge in [-0.1, -0.05) is 71.6 Å². The molecule has 1 heterocycles. The Bertz CT molecular complexity index is 294. The summed E-state index contributed by atoms with van der Waals surface area (Å²) in [7, 11) is 0. The van der Waals surface area contributed by atoms with Crippen LogP contribution in [0.25, 0.3) is 0 Å². The fraction of sp³-hybridized carbons (Fsp3) is 0.947. The van der Waals surface area contributed by atoms with Gasteiger partial charge in [0.2, 0.25) is 0 Å². The van der Waals surface area contributed by atoms with Gasteiger partial charge in [0.15, 0.2) is 5.90 Å². The number of rotatable bonds is 12. The summed E-state index contributed by atoms with van der Waals surface area (Å²) in [6.07, 6.45) is 15.0. The van der Waals surface area contributed by atoms with Crippen LogP contribution in [-0.2, 0) is 4.74 Å². The Kier molecular flexibility index (Phi) is 9.03. The molecule has 0 fully saturated rings. The largest absolute Gasteiger partial charge is 0.478 e. The molecule has 1 aliphatic rings. The van der Waals surface area contributed by atoms with Gasteiger partial charge in [-0.25, -0.2) is 4.99 Å². The standard InChI is InChI=1S/C19H37NO/c1-17(2)14-12-10-8-6-5-7-9-11-13-15-18-20-19(3,4)16-21-18/h17H,5-16H2,1-4H3. The average Bonchev–Trinajstić information content (AvgIpc) is 2.75. The monoisotopic (exact) mass is 295 g/mol. The first-order valence-electron chi connectivity index (χ1n) is 9.21. The van der Waals surface area contributed by atoms with E-state index in [1.165, 1.54) is 64.2 Å². The van der Waals surface area contributed by atoms with E-state index in [-0.39, 0.29) is 5.54 Å². The highest BCUT2D eigenvalue weighted by Gasteiger charge is 2.25. The Morgan fingerprint density at radius 2 is 1.43 bits per heavy atom. The normalized spacial score (nSPS) is 17.1. The molecule has 2 heteroatoms. The third-order valence-corrected chi connectivity index (χ3v) is 4.19. The summed E-state index contributed by atoms with van der Waals surface area (Å²) in [5.41, 5.74) is 0.0188. The summed E-state index contributed by atoms with van der Waals surface area (Å²) in [5, 5.41) is 0. The van der Waals surface area contributed by atoms with Crippen molar-refractivity contribution in [2.75, 3.05) is 6.61 Å². The molecule has 2 nitrogen and oxygen atoms in total. The zero-order valence-corrected chi connectivity index (χ0v) is 14.9. The highest BCUT2D eigenvalue weighted by molar-refractivity contribution is 5.78. The summed E-state index contributed by atoms with van der Waals surface area (Å²) in [4.78, 5) is 4.60. The molecule has 0 saturated heterocycles. The Morgan fingerprint density at radius 3 is 1.90 bits per heavy atom. The van der Waals surface area contributed by atoms with Gasteiger partial charge in [-0.05, 0) is 26.2 Å². The van der Waals surface area contributed by atoms with E-state index in [0.29, 0.717) is 0 Å². The topological polar surface area (TPSA) is 21.6 Å². The van der Waals surface area contributed by atoms with Crippen molar-refractivity contribution in [3.05, 3.63) is 0 Å². The maximum absolute atomic E-state index is 5.62. The molecule has 0 atom stereocenters. The minimum atomic E-state index is 0.0188. The molecule has 124 valence electrons. The van der Waals surface area contributed by atoms with E-state index in [4.69, 9.17) is 4.74 Å². The summed E-state index contributed by atoms with van der Waals surface area (Å²) in [6.45, 7) is 9.69. The summed E-state index contributed by atoms with van der Waals surface area (Å²) >= 11 is 0. The SMILES string of the molecule is CC(C)CCCCCCCCCCCC1=NC(C)(C)CO1. The Balaban J connectivity index is 1.81. The molecule has 0 unspecified atom stereocenters. The quantitative estimate of drug-likeness (QED) is 0.396. The van der Waals surface area contributed by atoms with Crippen LogP contribution >= 0.6 is 0 Å². The maximum Gasteiger partial charge on any atom is 0.183 e. The fourth-order valence-corrected chi connectivity index (χ4v) is 2.86. The van der Waals surface area contributed by atoms with Crippen molar-refractivity contribution in [1.82, 2.24) is 0 Å². The lowest BCUT2D eigenvalue weighted by Crippen LogP contribution is -2.17. The first kappa shape index (κ1) is 18.5. The maximum atomic E-state index is 5.62. The van der Waals surface area contributed by atoms with Crippen LogP contribution in [0.4, 0.5) is 0 Å². The van der Waals surface area contributed by atoms with Gasteiger partial charge >= 0.3 is 0 Å². The number of hydrogen-bond donors (Lipinski definition) is 0. The van der Waals surface area contributed by atoms with E-state index in [2.05, 4.69) is 32.7 Å². The molecule has 0 spiro atoms. The van der Waals surface area contributed by atoms with Gasteiger partial charge in [0.1, 0.15) is 6.61 Å². The lowest BCUT2D eigenvalue weighted by Gasteiger charge is -2.07. The van der Waals surface area contributed by atoms with Crippen molar-refractivity contribution in [3.63, 3.8) is 0 Å². The van der Waals surface area contributed by atoms with E-state index in [0.717, 1.165) is 24.8 Å². The van der Waals surface area contributed by atoms with E-state index < -0.39 is 0 Å². The summed E-state index contributed by atoms with van der Waals surface area (Å²) in [6, 6.07) is 0. The van der Waals surface area contributed by atoms with Crippen LogP contribution in [0.2, 0.25) is 0 Å². The fourth-order valence-electron chi connectivity index (χ4n) is 2.86. The molecule has 0 aliphatic carbocycles. The third-order valence-electron chi connectivity index (χ3n) is 4.19. The molecule has 0 N–H and O–H groups in total. The van der Waals surface area contributed by atoms with Crippen LogP contribution in [0.3, 0.4) is 0 Å².